The van der Waals surface area contributed by atoms with Crippen LogP contribution in [0.1, 0.15) is 58.2 Å². The van der Waals surface area contributed by atoms with Gasteiger partial charge in [0, 0.05) is 0 Å². The number of rotatable bonds is 2. The van der Waals surface area contributed by atoms with E-state index < -0.39 is 0 Å². The van der Waals surface area contributed by atoms with Crippen LogP contribution < -0.4 is 17.0 Å². The van der Waals surface area contributed by atoms with Crippen molar-refractivity contribution in [1.29, 1.82) is 0 Å². The highest BCUT2D eigenvalue weighted by Gasteiger charge is 2.26. The normalized spacial score (nSPS) is 12.1. The lowest BCUT2D eigenvalue weighted by Crippen LogP contribution is -3.00. The van der Waals surface area contributed by atoms with Crippen LogP contribution in [0.25, 0.3) is 0 Å². The third-order valence-corrected chi connectivity index (χ3v) is 3.97. The molecule has 0 fully saturated rings. The Hall–Kier alpha value is -1.48. The Bertz CT molecular complexity index is 640. The largest absolute Gasteiger partial charge is 1.00 e. The van der Waals surface area contributed by atoms with Gasteiger partial charge in [0.1, 0.15) is 24.7 Å². The lowest BCUT2D eigenvalue weighted by Gasteiger charge is -2.28. The van der Waals surface area contributed by atoms with Gasteiger partial charge >= 0.3 is 0 Å². The van der Waals surface area contributed by atoms with E-state index in [1.165, 1.54) is 5.56 Å². The van der Waals surface area contributed by atoms with Crippen molar-refractivity contribution in [3.63, 3.8) is 0 Å². The van der Waals surface area contributed by atoms with Gasteiger partial charge in [0.15, 0.2) is 0 Å². The first-order valence-corrected chi connectivity index (χ1v) is 7.86. The number of aryl methyl sites for hydroxylation is 1. The summed E-state index contributed by atoms with van der Waals surface area (Å²) >= 11 is 0. The number of aromatic hydroxyl groups is 1. The first kappa shape index (κ1) is 19.6. The Kier molecular flexibility index (Phi) is 5.58. The summed E-state index contributed by atoms with van der Waals surface area (Å²) in [6.07, 6.45) is 6.18. The van der Waals surface area contributed by atoms with Crippen LogP contribution in [0.3, 0.4) is 0 Å². The molecule has 0 saturated carbocycles. The predicted octanol–water partition coefficient (Wildman–Crippen LogP) is 0.666. The third-order valence-electron chi connectivity index (χ3n) is 3.97. The molecular weight excluding hydrogens is 308 g/mol. The molecular formula is C19H29ClN2O. The molecule has 4 heteroatoms. The van der Waals surface area contributed by atoms with Gasteiger partial charge in [-0.3, -0.25) is 0 Å². The molecule has 2 rings (SSSR count). The maximum absolute atomic E-state index is 10.7. The van der Waals surface area contributed by atoms with Crippen LogP contribution in [0.2, 0.25) is 0 Å². The number of phenolic OH excluding ortho intramolecular Hbond substituents is 1. The SMILES string of the molecule is C[n+]1ccn(Cc2cc(C(C)(C)C)c(O)c(C(C)(C)C)c2)c1.[Cl-]. The number of phenols is 1. The number of imidazole rings is 1. The van der Waals surface area contributed by atoms with E-state index in [1.807, 2.05) is 17.8 Å². The number of aromatic nitrogens is 2. The number of hydrogen-bond donors (Lipinski definition) is 1. The van der Waals surface area contributed by atoms with E-state index in [4.69, 9.17) is 0 Å². The summed E-state index contributed by atoms with van der Waals surface area (Å²) in [5, 5.41) is 10.7. The molecule has 0 bridgehead atoms. The smallest absolute Gasteiger partial charge is 0.243 e. The van der Waals surface area contributed by atoms with Crippen LogP contribution in [0, 0.1) is 0 Å². The number of hydrogen-bond acceptors (Lipinski definition) is 1. The minimum Gasteiger partial charge on any atom is -1.00 e. The Balaban J connectivity index is 0.00000264. The van der Waals surface area contributed by atoms with Crippen molar-refractivity contribution in [3.8, 4) is 5.75 Å². The molecule has 1 N–H and O–H groups in total. The maximum atomic E-state index is 10.7. The average molecular weight is 337 g/mol. The number of nitrogens with zero attached hydrogens (tertiary/aromatic N) is 2. The quantitative estimate of drug-likeness (QED) is 0.802. The van der Waals surface area contributed by atoms with Gasteiger partial charge in [0.05, 0.1) is 7.05 Å². The van der Waals surface area contributed by atoms with Gasteiger partial charge in [-0.1, -0.05) is 41.5 Å². The molecule has 0 atom stereocenters. The van der Waals surface area contributed by atoms with Crippen LogP contribution in [0.5, 0.6) is 5.75 Å². The molecule has 1 aromatic carbocycles. The predicted molar refractivity (Wildman–Crippen MR) is 90.2 cm³/mol. The summed E-state index contributed by atoms with van der Waals surface area (Å²) < 4.78 is 4.20. The Morgan fingerprint density at radius 3 is 1.83 bits per heavy atom. The van der Waals surface area contributed by atoms with Crippen LogP contribution in [0.15, 0.2) is 30.9 Å². The second-order valence-electron chi connectivity index (χ2n) is 8.29. The maximum Gasteiger partial charge on any atom is 0.243 e. The standard InChI is InChI=1S/C19H28N2O.ClH/c1-18(2,3)15-10-14(12-21-9-8-20(7)13-21)11-16(17(15)22)19(4,5)6;/h8-11,13H,12H2,1-7H3;1H. The van der Waals surface area contributed by atoms with E-state index in [0.717, 1.165) is 17.7 Å². The zero-order valence-electron chi connectivity index (χ0n) is 15.3. The zero-order chi connectivity index (χ0) is 16.7. The van der Waals surface area contributed by atoms with Gasteiger partial charge in [-0.05, 0) is 39.7 Å². The summed E-state index contributed by atoms with van der Waals surface area (Å²) in [5.41, 5.74) is 3.10. The van der Waals surface area contributed by atoms with Crippen molar-refractivity contribution in [2.45, 2.75) is 58.9 Å². The van der Waals surface area contributed by atoms with E-state index in [2.05, 4.69) is 70.8 Å². The molecule has 3 nitrogen and oxygen atoms in total. The first-order valence-electron chi connectivity index (χ1n) is 7.86. The van der Waals surface area contributed by atoms with Crippen molar-refractivity contribution in [3.05, 3.63) is 47.5 Å². The minimum absolute atomic E-state index is 0. The summed E-state index contributed by atoms with van der Waals surface area (Å²) in [6.45, 7) is 13.7. The fourth-order valence-electron chi connectivity index (χ4n) is 2.74. The molecule has 0 unspecified atom stereocenters. The molecule has 0 amide bonds. The van der Waals surface area contributed by atoms with E-state index in [9.17, 15) is 5.11 Å². The Labute approximate surface area is 146 Å². The van der Waals surface area contributed by atoms with E-state index in [-0.39, 0.29) is 23.2 Å². The molecule has 1 aromatic heterocycles. The van der Waals surface area contributed by atoms with E-state index in [1.54, 1.807) is 0 Å². The minimum atomic E-state index is -0.0819. The van der Waals surface area contributed by atoms with Gasteiger partial charge in [-0.2, -0.15) is 0 Å². The highest BCUT2D eigenvalue weighted by molar-refractivity contribution is 5.49. The third kappa shape index (κ3) is 4.51. The van der Waals surface area contributed by atoms with Crippen LogP contribution in [0.4, 0.5) is 0 Å². The first-order chi connectivity index (χ1) is 9.98. The second kappa shape index (κ2) is 6.56. The van der Waals surface area contributed by atoms with Crippen molar-refractivity contribution in [2.24, 2.45) is 7.05 Å². The van der Waals surface area contributed by atoms with Gasteiger partial charge in [-0.15, -0.1) is 0 Å². The highest BCUT2D eigenvalue weighted by atomic mass is 35.5. The summed E-state index contributed by atoms with van der Waals surface area (Å²) in [4.78, 5) is 0. The summed E-state index contributed by atoms with van der Waals surface area (Å²) in [7, 11) is 2.02. The van der Waals surface area contributed by atoms with Crippen molar-refractivity contribution < 1.29 is 22.1 Å². The molecule has 0 radical (unpaired) electrons. The fraction of sp³-hybridized carbons (Fsp3) is 0.526. The lowest BCUT2D eigenvalue weighted by molar-refractivity contribution is -0.671. The fourth-order valence-corrected chi connectivity index (χ4v) is 2.74. The van der Waals surface area contributed by atoms with E-state index in [0.29, 0.717) is 5.75 Å². The number of halogens is 1. The zero-order valence-corrected chi connectivity index (χ0v) is 16.1. The molecule has 0 saturated heterocycles. The summed E-state index contributed by atoms with van der Waals surface area (Å²) in [6, 6.07) is 4.29. The Morgan fingerprint density at radius 1 is 1.00 bits per heavy atom. The Morgan fingerprint density at radius 2 is 1.48 bits per heavy atom. The molecule has 23 heavy (non-hydrogen) atoms. The lowest BCUT2D eigenvalue weighted by atomic mass is 9.78. The second-order valence-corrected chi connectivity index (χ2v) is 8.29. The van der Waals surface area contributed by atoms with Gasteiger partial charge in [0.2, 0.25) is 6.33 Å². The molecule has 128 valence electrons. The van der Waals surface area contributed by atoms with Crippen molar-refractivity contribution in [1.82, 2.24) is 4.57 Å². The van der Waals surface area contributed by atoms with Gasteiger partial charge in [0.25, 0.3) is 0 Å². The molecule has 0 aliphatic carbocycles. The van der Waals surface area contributed by atoms with Crippen molar-refractivity contribution >= 4 is 0 Å². The topological polar surface area (TPSA) is 29.0 Å². The molecule has 2 aromatic rings. The highest BCUT2D eigenvalue weighted by Crippen LogP contribution is 2.39. The average Bonchev–Trinajstić information content (AvgIpc) is 2.74. The van der Waals surface area contributed by atoms with Gasteiger partial charge in [-0.25, -0.2) is 9.13 Å². The van der Waals surface area contributed by atoms with Gasteiger partial charge < -0.3 is 17.5 Å². The molecule has 0 spiro atoms. The summed E-state index contributed by atoms with van der Waals surface area (Å²) in [5.74, 6) is 0.446. The number of benzene rings is 1. The molecule has 1 heterocycles. The van der Waals surface area contributed by atoms with Crippen molar-refractivity contribution in [2.75, 3.05) is 0 Å². The van der Waals surface area contributed by atoms with Crippen LogP contribution >= 0.6 is 0 Å². The monoisotopic (exact) mass is 336 g/mol. The molecule has 0 aliphatic rings. The van der Waals surface area contributed by atoms with E-state index >= 15 is 0 Å². The molecule has 0 aliphatic heterocycles. The van der Waals surface area contributed by atoms with Crippen LogP contribution in [-0.2, 0) is 24.4 Å². The van der Waals surface area contributed by atoms with Crippen LogP contribution in [-0.4, -0.2) is 9.67 Å².